The number of benzene rings is 2. The van der Waals surface area contributed by atoms with E-state index in [0.29, 0.717) is 38.5 Å². The molecule has 0 spiro atoms. The molecule has 2 bridgehead atoms. The summed E-state index contributed by atoms with van der Waals surface area (Å²) in [5.74, 6) is -1.34. The van der Waals surface area contributed by atoms with Gasteiger partial charge in [0, 0.05) is 12.0 Å². The van der Waals surface area contributed by atoms with Crippen LogP contribution in [0.25, 0.3) is 11.1 Å². The Bertz CT molecular complexity index is 1120. The number of hydrogen-bond donors (Lipinski definition) is 2. The second-order valence-electron chi connectivity index (χ2n) is 9.98. The Kier molecular flexibility index (Phi) is 5.82. The quantitative estimate of drug-likeness (QED) is 0.604. The summed E-state index contributed by atoms with van der Waals surface area (Å²) in [6.07, 6.45) is 2.36. The first-order chi connectivity index (χ1) is 16.9. The number of fused-ring (bicyclic) bond motifs is 5. The molecule has 0 saturated carbocycles. The van der Waals surface area contributed by atoms with Gasteiger partial charge >= 0.3 is 12.1 Å². The second kappa shape index (κ2) is 8.70. The van der Waals surface area contributed by atoms with Crippen molar-refractivity contribution in [2.45, 2.75) is 75.4 Å². The molecule has 3 aliphatic rings. The summed E-state index contributed by atoms with van der Waals surface area (Å²) in [5, 5.41) is 12.8. The molecule has 2 aliphatic heterocycles. The maximum atomic E-state index is 13.8. The van der Waals surface area contributed by atoms with Crippen molar-refractivity contribution in [1.29, 1.82) is 0 Å². The van der Waals surface area contributed by atoms with Crippen LogP contribution in [0.4, 0.5) is 4.79 Å². The number of carbonyl (C=O) groups is 3. The lowest BCUT2D eigenvalue weighted by atomic mass is 9.86. The van der Waals surface area contributed by atoms with Gasteiger partial charge in [-0.1, -0.05) is 62.4 Å². The smallest absolute Gasteiger partial charge is 0.408 e. The van der Waals surface area contributed by atoms with Gasteiger partial charge in [-0.15, -0.1) is 0 Å². The van der Waals surface area contributed by atoms with Crippen LogP contribution in [-0.2, 0) is 14.3 Å². The molecule has 2 heterocycles. The van der Waals surface area contributed by atoms with E-state index in [4.69, 9.17) is 4.74 Å². The third-order valence-corrected chi connectivity index (χ3v) is 8.53. The molecule has 0 atom stereocenters. The Balaban J connectivity index is 1.33. The van der Waals surface area contributed by atoms with Crippen LogP contribution < -0.4 is 5.32 Å². The molecule has 35 heavy (non-hydrogen) atoms. The van der Waals surface area contributed by atoms with E-state index in [0.717, 1.165) is 22.3 Å². The zero-order valence-electron chi connectivity index (χ0n) is 20.3. The third-order valence-electron chi connectivity index (χ3n) is 8.53. The maximum absolute atomic E-state index is 13.8. The molecule has 2 saturated heterocycles. The zero-order chi connectivity index (χ0) is 24.8. The van der Waals surface area contributed by atoms with Gasteiger partial charge in [-0.05, 0) is 60.8 Å². The summed E-state index contributed by atoms with van der Waals surface area (Å²) in [7, 11) is 0. The van der Waals surface area contributed by atoms with E-state index in [1.165, 1.54) is 0 Å². The highest BCUT2D eigenvalue weighted by Crippen LogP contribution is 2.48. The first kappa shape index (κ1) is 23.4. The van der Waals surface area contributed by atoms with Crippen LogP contribution in [-0.4, -0.2) is 51.7 Å². The van der Waals surface area contributed by atoms with Crippen molar-refractivity contribution in [2.24, 2.45) is 0 Å². The van der Waals surface area contributed by atoms with Crippen LogP contribution in [0.3, 0.4) is 0 Å². The van der Waals surface area contributed by atoms with Crippen molar-refractivity contribution >= 4 is 18.0 Å². The highest BCUT2D eigenvalue weighted by molar-refractivity contribution is 5.95. The summed E-state index contributed by atoms with van der Waals surface area (Å²) >= 11 is 0. The van der Waals surface area contributed by atoms with Crippen molar-refractivity contribution in [1.82, 2.24) is 10.2 Å². The molecule has 2 aromatic carbocycles. The summed E-state index contributed by atoms with van der Waals surface area (Å²) in [6, 6.07) is 16.2. The molecular formula is C28H32N2O5. The van der Waals surface area contributed by atoms with Gasteiger partial charge in [-0.25, -0.2) is 9.59 Å². The fourth-order valence-corrected chi connectivity index (χ4v) is 6.45. The molecule has 2 amide bonds. The van der Waals surface area contributed by atoms with Crippen LogP contribution >= 0.6 is 0 Å². The number of carboxylic acids is 1. The fourth-order valence-electron chi connectivity index (χ4n) is 6.45. The van der Waals surface area contributed by atoms with E-state index < -0.39 is 23.1 Å². The van der Waals surface area contributed by atoms with E-state index in [1.54, 1.807) is 4.90 Å². The van der Waals surface area contributed by atoms with Crippen LogP contribution in [0, 0.1) is 0 Å². The van der Waals surface area contributed by atoms with Gasteiger partial charge in [0.1, 0.15) is 17.7 Å². The average Bonchev–Trinajstić information content (AvgIpc) is 3.54. The Morgan fingerprint density at radius 1 is 1.00 bits per heavy atom. The lowest BCUT2D eigenvalue weighted by Gasteiger charge is -2.40. The first-order valence-corrected chi connectivity index (χ1v) is 12.6. The van der Waals surface area contributed by atoms with Gasteiger partial charge in [-0.3, -0.25) is 4.79 Å². The van der Waals surface area contributed by atoms with Crippen LogP contribution in [0.5, 0.6) is 0 Å². The lowest BCUT2D eigenvalue weighted by Crippen LogP contribution is -2.63. The van der Waals surface area contributed by atoms with Crippen LogP contribution in [0.1, 0.15) is 69.4 Å². The summed E-state index contributed by atoms with van der Waals surface area (Å²) in [5.41, 5.74) is 2.18. The van der Waals surface area contributed by atoms with Crippen molar-refractivity contribution in [3.63, 3.8) is 0 Å². The predicted octanol–water partition coefficient (Wildman–Crippen LogP) is 4.69. The van der Waals surface area contributed by atoms with Crippen LogP contribution in [0.2, 0.25) is 0 Å². The van der Waals surface area contributed by atoms with Gasteiger partial charge in [0.05, 0.1) is 0 Å². The number of amides is 2. The highest BCUT2D eigenvalue weighted by Gasteiger charge is 2.61. The number of ether oxygens (including phenoxy) is 1. The minimum Gasteiger partial charge on any atom is -0.479 e. The molecule has 0 unspecified atom stereocenters. The molecule has 2 aromatic rings. The monoisotopic (exact) mass is 476 g/mol. The summed E-state index contributed by atoms with van der Waals surface area (Å²) < 4.78 is 5.72. The molecule has 5 rings (SSSR count). The minimum absolute atomic E-state index is 0.0776. The first-order valence-electron chi connectivity index (χ1n) is 12.6. The molecular weight excluding hydrogens is 444 g/mol. The molecule has 184 valence electrons. The number of nitrogens with zero attached hydrogens (tertiary/aromatic N) is 1. The normalized spacial score (nSPS) is 22.6. The Labute approximate surface area is 205 Å². The number of carboxylic acid groups (broad SMARTS) is 1. The Morgan fingerprint density at radius 3 is 2.06 bits per heavy atom. The summed E-state index contributed by atoms with van der Waals surface area (Å²) in [6.45, 7) is 3.84. The van der Waals surface area contributed by atoms with Gasteiger partial charge in [0.25, 0.3) is 0 Å². The molecule has 2 N–H and O–H groups in total. The van der Waals surface area contributed by atoms with Gasteiger partial charge in [0.2, 0.25) is 5.91 Å². The number of hydrogen-bond acceptors (Lipinski definition) is 4. The van der Waals surface area contributed by atoms with Gasteiger partial charge in [-0.2, -0.15) is 0 Å². The molecule has 2 fully saturated rings. The number of nitrogens with one attached hydrogen (secondary N) is 1. The molecule has 7 nitrogen and oxygen atoms in total. The van der Waals surface area contributed by atoms with Crippen molar-refractivity contribution in [3.8, 4) is 11.1 Å². The van der Waals surface area contributed by atoms with Gasteiger partial charge < -0.3 is 20.1 Å². The molecule has 0 aromatic heterocycles. The highest BCUT2D eigenvalue weighted by atomic mass is 16.5. The van der Waals surface area contributed by atoms with E-state index in [1.807, 2.05) is 38.1 Å². The topological polar surface area (TPSA) is 95.9 Å². The van der Waals surface area contributed by atoms with Crippen molar-refractivity contribution in [3.05, 3.63) is 59.7 Å². The van der Waals surface area contributed by atoms with E-state index >= 15 is 0 Å². The van der Waals surface area contributed by atoms with Crippen molar-refractivity contribution in [2.75, 3.05) is 6.61 Å². The molecule has 7 heteroatoms. The van der Waals surface area contributed by atoms with E-state index in [2.05, 4.69) is 29.6 Å². The number of aliphatic carboxylic acids is 1. The standard InChI is InChI=1S/C28H32N2O5/c1-3-27(4-2,24(31)30-18-13-15-28(30,16-14-18)25(32)33)29-26(34)35-17-23-21-11-7-5-9-19(21)20-10-6-8-12-22(20)23/h5-12,18,23H,3-4,13-17H2,1-2H3,(H,29,34)(H,32,33). The Hall–Kier alpha value is -3.35. The van der Waals surface area contributed by atoms with Crippen LogP contribution in [0.15, 0.2) is 48.5 Å². The predicted molar refractivity (Wildman–Crippen MR) is 131 cm³/mol. The zero-order valence-corrected chi connectivity index (χ0v) is 20.3. The number of alkyl carbamates (subject to hydrolysis) is 1. The lowest BCUT2D eigenvalue weighted by molar-refractivity contribution is -0.158. The maximum Gasteiger partial charge on any atom is 0.408 e. The fraction of sp³-hybridized carbons (Fsp3) is 0.464. The number of rotatable bonds is 7. The Morgan fingerprint density at radius 2 is 1.54 bits per heavy atom. The summed E-state index contributed by atoms with van der Waals surface area (Å²) in [4.78, 5) is 40.6. The van der Waals surface area contributed by atoms with Crippen molar-refractivity contribution < 1.29 is 24.2 Å². The van der Waals surface area contributed by atoms with E-state index in [-0.39, 0.29) is 24.5 Å². The number of carbonyl (C=O) groups excluding carboxylic acids is 2. The third kappa shape index (κ3) is 3.51. The molecule has 0 radical (unpaired) electrons. The SMILES string of the molecule is CCC(CC)(NC(=O)OCC1c2ccccc2-c2ccccc21)C(=O)N1C2CCC1(C(=O)O)CC2. The minimum atomic E-state index is -1.20. The average molecular weight is 477 g/mol. The molecule has 1 aliphatic carbocycles. The largest absolute Gasteiger partial charge is 0.479 e. The van der Waals surface area contributed by atoms with Gasteiger partial charge in [0.15, 0.2) is 0 Å². The second-order valence-corrected chi connectivity index (χ2v) is 9.98. The van der Waals surface area contributed by atoms with E-state index in [9.17, 15) is 19.5 Å².